The summed E-state index contributed by atoms with van der Waals surface area (Å²) in [5.41, 5.74) is 0.665. The third kappa shape index (κ3) is 15.4. The normalized spacial score (nSPS) is 22.6. The molecule has 3 aromatic heterocycles. The topological polar surface area (TPSA) is 79.5 Å². The van der Waals surface area contributed by atoms with Crippen LogP contribution in [0.5, 0.6) is 0 Å². The van der Waals surface area contributed by atoms with Crippen LogP contribution in [0.15, 0.2) is 30.5 Å². The lowest BCUT2D eigenvalue weighted by molar-refractivity contribution is 0.101. The summed E-state index contributed by atoms with van der Waals surface area (Å²) in [6.07, 6.45) is 35.5. The van der Waals surface area contributed by atoms with Gasteiger partial charge in [-0.25, -0.2) is 13.3 Å². The van der Waals surface area contributed by atoms with Crippen LogP contribution >= 0.6 is 0 Å². The highest BCUT2D eigenvalue weighted by atomic mass is 19.3. The Bertz CT molecular complexity index is 1520. The minimum absolute atomic E-state index is 0.0130. The van der Waals surface area contributed by atoms with E-state index >= 15 is 0 Å². The van der Waals surface area contributed by atoms with Crippen LogP contribution in [0.1, 0.15) is 196 Å². The Labute approximate surface area is 337 Å². The predicted molar refractivity (Wildman–Crippen MR) is 228 cm³/mol. The molecule has 4 heterocycles. The Balaban J connectivity index is 1.13. The summed E-state index contributed by atoms with van der Waals surface area (Å²) < 4.78 is 30.1. The largest absolute Gasteiger partial charge is 0.355 e. The standard InChI is InChI=1S/C46H75F2N7O/c1-53-37-41(44(52-53)45(47)48)50-46(56)42-30-28-40-29-31-43(51-55(40)42)54-33-23-20-18-16-14-12-10-8-6-4-2-3-5-7-9-11-13-15-17-19-21-25-38-26-27-39(35-38)36-49-32-22-24-34-54/h28-31,37-39,45,49H,2-27,32-36H2,1H3,(H,50,56). The van der Waals surface area contributed by atoms with Crippen molar-refractivity contribution in [2.24, 2.45) is 18.9 Å². The molecule has 1 saturated heterocycles. The summed E-state index contributed by atoms with van der Waals surface area (Å²) >= 11 is 0. The number of anilines is 2. The van der Waals surface area contributed by atoms with Gasteiger partial charge in [-0.05, 0) is 81.3 Å². The highest BCUT2D eigenvalue weighted by Crippen LogP contribution is 2.34. The molecule has 2 unspecified atom stereocenters. The molecule has 3 aromatic rings. The van der Waals surface area contributed by atoms with Gasteiger partial charge in [0.15, 0.2) is 5.69 Å². The van der Waals surface area contributed by atoms with Crippen molar-refractivity contribution in [2.75, 3.05) is 36.4 Å². The van der Waals surface area contributed by atoms with E-state index < -0.39 is 18.0 Å². The Morgan fingerprint density at radius 2 is 1.21 bits per heavy atom. The van der Waals surface area contributed by atoms with Gasteiger partial charge in [-0.15, -0.1) is 5.10 Å². The molecule has 314 valence electrons. The maximum Gasteiger partial charge on any atom is 0.284 e. The van der Waals surface area contributed by atoms with Crippen LogP contribution in [0.25, 0.3) is 5.52 Å². The first-order valence-corrected chi connectivity index (χ1v) is 23.1. The molecule has 1 aliphatic heterocycles. The maximum atomic E-state index is 13.6. The fraction of sp³-hybridized carbons (Fsp3) is 0.761. The Morgan fingerprint density at radius 3 is 1.82 bits per heavy atom. The second-order valence-electron chi connectivity index (χ2n) is 17.3. The molecule has 2 aliphatic rings. The molecule has 2 atom stereocenters. The molecule has 0 spiro atoms. The van der Waals surface area contributed by atoms with Crippen molar-refractivity contribution in [1.29, 1.82) is 0 Å². The second-order valence-corrected chi connectivity index (χ2v) is 17.3. The monoisotopic (exact) mass is 780 g/mol. The van der Waals surface area contributed by atoms with Crippen LogP contribution in [-0.2, 0) is 7.05 Å². The number of aryl methyl sites for hydroxylation is 1. The fourth-order valence-electron chi connectivity index (χ4n) is 9.19. The van der Waals surface area contributed by atoms with Gasteiger partial charge < -0.3 is 15.5 Å². The summed E-state index contributed by atoms with van der Waals surface area (Å²) in [7, 11) is 1.56. The third-order valence-electron chi connectivity index (χ3n) is 12.5. The lowest BCUT2D eigenvalue weighted by atomic mass is 9.97. The molecule has 8 nitrogen and oxygen atoms in total. The molecule has 2 bridgehead atoms. The van der Waals surface area contributed by atoms with Crippen LogP contribution in [-0.4, -0.2) is 51.5 Å². The van der Waals surface area contributed by atoms with E-state index in [1.807, 2.05) is 12.1 Å². The summed E-state index contributed by atoms with van der Waals surface area (Å²) in [4.78, 5) is 15.7. The lowest BCUT2D eigenvalue weighted by Crippen LogP contribution is -2.29. The molecule has 56 heavy (non-hydrogen) atoms. The number of aromatic nitrogens is 4. The quantitative estimate of drug-likeness (QED) is 0.276. The van der Waals surface area contributed by atoms with Crippen LogP contribution in [0, 0.1) is 11.8 Å². The molecule has 5 rings (SSSR count). The summed E-state index contributed by atoms with van der Waals surface area (Å²) in [5, 5.41) is 15.2. The van der Waals surface area contributed by atoms with Gasteiger partial charge in [0.05, 0.1) is 11.2 Å². The number of carbonyl (C=O) groups is 1. The van der Waals surface area contributed by atoms with Gasteiger partial charge in [0.1, 0.15) is 11.5 Å². The number of hydrogen-bond donors (Lipinski definition) is 2. The average molecular weight is 780 g/mol. The molecule has 0 aromatic carbocycles. The van der Waals surface area contributed by atoms with Crippen molar-refractivity contribution in [1.82, 2.24) is 24.7 Å². The van der Waals surface area contributed by atoms with E-state index in [-0.39, 0.29) is 5.69 Å². The predicted octanol–water partition coefficient (Wildman–Crippen LogP) is 12.4. The van der Waals surface area contributed by atoms with Crippen molar-refractivity contribution in [2.45, 2.75) is 180 Å². The minimum Gasteiger partial charge on any atom is -0.355 e. The van der Waals surface area contributed by atoms with Crippen LogP contribution in [0.4, 0.5) is 20.3 Å². The zero-order valence-corrected chi connectivity index (χ0v) is 34.9. The van der Waals surface area contributed by atoms with Crippen molar-refractivity contribution in [3.05, 3.63) is 41.9 Å². The first-order valence-electron chi connectivity index (χ1n) is 23.1. The van der Waals surface area contributed by atoms with Crippen LogP contribution < -0.4 is 15.5 Å². The number of amides is 1. The number of fused-ring (bicyclic) bond motifs is 3. The Kier molecular flexibility index (Phi) is 20.0. The highest BCUT2D eigenvalue weighted by molar-refractivity contribution is 6.04. The molecule has 1 saturated carbocycles. The number of hydrogen-bond acceptors (Lipinski definition) is 5. The van der Waals surface area contributed by atoms with Gasteiger partial charge in [0.2, 0.25) is 0 Å². The van der Waals surface area contributed by atoms with Crippen molar-refractivity contribution >= 4 is 22.9 Å². The van der Waals surface area contributed by atoms with E-state index in [1.165, 1.54) is 165 Å². The van der Waals surface area contributed by atoms with Crippen molar-refractivity contribution < 1.29 is 13.6 Å². The van der Waals surface area contributed by atoms with Gasteiger partial charge in [-0.1, -0.05) is 141 Å². The zero-order valence-electron chi connectivity index (χ0n) is 34.9. The molecule has 1 aliphatic carbocycles. The number of carbonyl (C=O) groups excluding carboxylic acids is 1. The Morgan fingerprint density at radius 1 is 0.679 bits per heavy atom. The first-order chi connectivity index (χ1) is 27.5. The molecule has 10 heteroatoms. The van der Waals surface area contributed by atoms with Crippen LogP contribution in [0.3, 0.4) is 0 Å². The fourth-order valence-corrected chi connectivity index (χ4v) is 9.19. The van der Waals surface area contributed by atoms with E-state index in [4.69, 9.17) is 5.10 Å². The Hall–Kier alpha value is -3.01. The van der Waals surface area contributed by atoms with Gasteiger partial charge in [0.25, 0.3) is 12.3 Å². The van der Waals surface area contributed by atoms with E-state index in [9.17, 15) is 13.6 Å². The van der Waals surface area contributed by atoms with E-state index in [0.717, 1.165) is 68.6 Å². The van der Waals surface area contributed by atoms with Crippen LogP contribution in [0.2, 0.25) is 0 Å². The van der Waals surface area contributed by atoms with E-state index in [0.29, 0.717) is 5.69 Å². The van der Waals surface area contributed by atoms with Crippen molar-refractivity contribution in [3.63, 3.8) is 0 Å². The lowest BCUT2D eigenvalue weighted by Gasteiger charge is -2.24. The maximum absolute atomic E-state index is 13.6. The summed E-state index contributed by atoms with van der Waals surface area (Å²) in [6.45, 7) is 4.01. The number of halogens is 2. The summed E-state index contributed by atoms with van der Waals surface area (Å²) in [6, 6.07) is 7.59. The highest BCUT2D eigenvalue weighted by Gasteiger charge is 2.24. The second kappa shape index (κ2) is 25.4. The van der Waals surface area contributed by atoms with Gasteiger partial charge in [0, 0.05) is 26.3 Å². The SMILES string of the molecule is Cn1cc(NC(=O)c2ccc3ccc(N4CCCCCCCCCCCCCCCCCCCCCCCC5CCC(CNCCCC4)C5)nn23)c(C(F)F)n1. The summed E-state index contributed by atoms with van der Waals surface area (Å²) in [5.74, 6) is 2.13. The molecular weight excluding hydrogens is 705 g/mol. The van der Waals surface area contributed by atoms with Gasteiger partial charge in [-0.2, -0.15) is 5.10 Å². The molecule has 2 N–H and O–H groups in total. The number of rotatable bonds is 4. The number of nitrogens with zero attached hydrogens (tertiary/aromatic N) is 5. The smallest absolute Gasteiger partial charge is 0.284 e. The van der Waals surface area contributed by atoms with Gasteiger partial charge in [-0.3, -0.25) is 9.48 Å². The molecule has 0 radical (unpaired) electrons. The number of nitrogens with one attached hydrogen (secondary N) is 2. The minimum atomic E-state index is -2.79. The zero-order chi connectivity index (χ0) is 39.2. The molecular formula is C46H75F2N7O. The average Bonchev–Trinajstić information content (AvgIpc) is 3.93. The molecule has 1 amide bonds. The first kappa shape index (κ1) is 44.1. The third-order valence-corrected chi connectivity index (χ3v) is 12.5. The number of alkyl halides is 2. The van der Waals surface area contributed by atoms with Gasteiger partial charge >= 0.3 is 0 Å². The molecule has 2 fully saturated rings. The van der Waals surface area contributed by atoms with E-state index in [2.05, 4.69) is 26.7 Å². The van der Waals surface area contributed by atoms with Crippen molar-refractivity contribution in [3.8, 4) is 0 Å². The van der Waals surface area contributed by atoms with E-state index in [1.54, 1.807) is 17.6 Å².